The van der Waals surface area contributed by atoms with Crippen molar-refractivity contribution in [1.29, 1.82) is 0 Å². The number of hydrogen-bond acceptors (Lipinski definition) is 7. The molecule has 2 aliphatic heterocycles. The quantitative estimate of drug-likeness (QED) is 0.524. The zero-order chi connectivity index (χ0) is 26.1. The van der Waals surface area contributed by atoms with Gasteiger partial charge in [-0.25, -0.2) is 4.99 Å². The predicted molar refractivity (Wildman–Crippen MR) is 145 cm³/mol. The number of carbonyl (C=O) groups excluding carboxylic acids is 1. The molecule has 1 amide bonds. The molecule has 8 nitrogen and oxygen atoms in total. The number of aliphatic hydroxyl groups is 2. The molecule has 37 heavy (non-hydrogen) atoms. The monoisotopic (exact) mass is 529 g/mol. The molecule has 1 aromatic carbocycles. The van der Waals surface area contributed by atoms with Crippen LogP contribution in [0.3, 0.4) is 0 Å². The molecule has 5 rings (SSSR count). The Labute approximate surface area is 225 Å². The summed E-state index contributed by atoms with van der Waals surface area (Å²) in [4.78, 5) is 24.9. The van der Waals surface area contributed by atoms with E-state index in [0.29, 0.717) is 30.7 Å². The summed E-state index contributed by atoms with van der Waals surface area (Å²) in [5, 5.41) is 24.6. The molecular weight excluding hydrogens is 490 g/mol. The number of aliphatic hydroxyl groups excluding tert-OH is 2. The van der Waals surface area contributed by atoms with Gasteiger partial charge < -0.3 is 25.3 Å². The van der Waals surface area contributed by atoms with Crippen LogP contribution in [-0.4, -0.2) is 101 Å². The molecule has 4 atom stereocenters. The van der Waals surface area contributed by atoms with Crippen molar-refractivity contribution in [3.8, 4) is 0 Å². The van der Waals surface area contributed by atoms with Gasteiger partial charge >= 0.3 is 0 Å². The number of nitrogens with zero attached hydrogens (tertiary/aromatic N) is 4. The Hall–Kier alpha value is -1.97. The summed E-state index contributed by atoms with van der Waals surface area (Å²) in [5.74, 6) is 0.156. The van der Waals surface area contributed by atoms with Gasteiger partial charge in [-0.3, -0.25) is 9.69 Å². The standard InChI is InChI=1S/C28H40ClN5O3/c1-18-15-24(36)26-25(18)27(32(2)17-31-26)33-11-13-34(14-12-33)28(37)23(19-3-5-20(29)6-4-19)16-30-21-7-9-22(35)10-8-21/h3-6,17-18,21-24,27,30,35-36H,7-16H2,1-2H3/t18-,21?,22?,23-,24-,27?/m1/s1. The fraction of sp³-hybridized carbons (Fsp3) is 0.643. The Morgan fingerprint density at radius 3 is 2.46 bits per heavy atom. The molecule has 0 radical (unpaired) electrons. The molecule has 2 aliphatic carbocycles. The van der Waals surface area contributed by atoms with E-state index in [2.05, 4.69) is 27.0 Å². The molecule has 1 saturated carbocycles. The van der Waals surface area contributed by atoms with Gasteiger partial charge in [0.15, 0.2) is 0 Å². The number of amides is 1. The van der Waals surface area contributed by atoms with Crippen molar-refractivity contribution in [1.82, 2.24) is 20.0 Å². The molecule has 3 N–H and O–H groups in total. The summed E-state index contributed by atoms with van der Waals surface area (Å²) >= 11 is 6.14. The highest BCUT2D eigenvalue weighted by Gasteiger charge is 2.41. The van der Waals surface area contributed by atoms with E-state index in [4.69, 9.17) is 11.6 Å². The van der Waals surface area contributed by atoms with Gasteiger partial charge in [-0.1, -0.05) is 30.7 Å². The molecule has 0 bridgehead atoms. The molecule has 1 unspecified atom stereocenters. The summed E-state index contributed by atoms with van der Waals surface area (Å²) in [6.07, 6.45) is 5.44. The van der Waals surface area contributed by atoms with Gasteiger partial charge in [0, 0.05) is 50.8 Å². The lowest BCUT2D eigenvalue weighted by molar-refractivity contribution is -0.135. The van der Waals surface area contributed by atoms with Crippen molar-refractivity contribution in [3.05, 3.63) is 46.1 Å². The van der Waals surface area contributed by atoms with E-state index >= 15 is 0 Å². The molecular formula is C28H40ClN5O3. The number of carbonyl (C=O) groups is 1. The second kappa shape index (κ2) is 11.4. The third-order valence-corrected chi connectivity index (χ3v) is 8.86. The maximum absolute atomic E-state index is 13.9. The number of nitrogens with one attached hydrogen (secondary N) is 1. The molecule has 4 aliphatic rings. The fourth-order valence-corrected chi connectivity index (χ4v) is 6.60. The predicted octanol–water partition coefficient (Wildman–Crippen LogP) is 2.42. The van der Waals surface area contributed by atoms with Gasteiger partial charge in [0.05, 0.1) is 30.2 Å². The van der Waals surface area contributed by atoms with Crippen LogP contribution in [0.5, 0.6) is 0 Å². The van der Waals surface area contributed by atoms with Gasteiger partial charge in [0.25, 0.3) is 0 Å². The SMILES string of the molecule is C[C@@H]1C[C@@H](O)C2=C1C(N1CCN(C(=O)[C@H](CNC3CCC(O)CC3)c3ccc(Cl)cc3)CC1)N(C)C=N2. The smallest absolute Gasteiger partial charge is 0.231 e. The summed E-state index contributed by atoms with van der Waals surface area (Å²) < 4.78 is 0. The largest absolute Gasteiger partial charge is 0.393 e. The maximum atomic E-state index is 13.9. The number of hydrogen-bond donors (Lipinski definition) is 3. The molecule has 0 aromatic heterocycles. The Bertz CT molecular complexity index is 1020. The van der Waals surface area contributed by atoms with Crippen molar-refractivity contribution in [2.75, 3.05) is 39.8 Å². The van der Waals surface area contributed by atoms with Gasteiger partial charge in [-0.15, -0.1) is 0 Å². The molecule has 2 heterocycles. The highest BCUT2D eigenvalue weighted by molar-refractivity contribution is 6.30. The average molecular weight is 530 g/mol. The van der Waals surface area contributed by atoms with Crippen LogP contribution in [0.4, 0.5) is 0 Å². The van der Waals surface area contributed by atoms with Crippen molar-refractivity contribution in [2.45, 2.75) is 69.4 Å². The van der Waals surface area contributed by atoms with Crippen molar-refractivity contribution in [3.63, 3.8) is 0 Å². The van der Waals surface area contributed by atoms with Crippen molar-refractivity contribution >= 4 is 23.8 Å². The van der Waals surface area contributed by atoms with E-state index in [0.717, 1.165) is 56.5 Å². The van der Waals surface area contributed by atoms with Crippen molar-refractivity contribution < 1.29 is 15.0 Å². The molecule has 2 fully saturated rings. The summed E-state index contributed by atoms with van der Waals surface area (Å²) in [6.45, 7) is 5.63. The van der Waals surface area contributed by atoms with Crippen molar-refractivity contribution in [2.24, 2.45) is 10.9 Å². The van der Waals surface area contributed by atoms with Crippen LogP contribution in [0, 0.1) is 5.92 Å². The van der Waals surface area contributed by atoms with Gasteiger partial charge in [0.1, 0.15) is 6.17 Å². The van der Waals surface area contributed by atoms with E-state index in [-0.39, 0.29) is 30.0 Å². The lowest BCUT2D eigenvalue weighted by Gasteiger charge is -2.45. The van der Waals surface area contributed by atoms with E-state index in [1.807, 2.05) is 42.6 Å². The van der Waals surface area contributed by atoms with Crippen LogP contribution in [0.25, 0.3) is 0 Å². The van der Waals surface area contributed by atoms with Crippen LogP contribution >= 0.6 is 11.6 Å². The fourth-order valence-electron chi connectivity index (χ4n) is 6.47. The second-order valence-electron chi connectivity index (χ2n) is 11.2. The normalized spacial score (nSPS) is 31.5. The van der Waals surface area contributed by atoms with Gasteiger partial charge in [-0.2, -0.15) is 0 Å². The Morgan fingerprint density at radius 1 is 1.11 bits per heavy atom. The third kappa shape index (κ3) is 5.73. The molecule has 0 spiro atoms. The Balaban J connectivity index is 1.25. The highest BCUT2D eigenvalue weighted by Crippen LogP contribution is 2.39. The first-order valence-electron chi connectivity index (χ1n) is 13.7. The average Bonchev–Trinajstić information content (AvgIpc) is 3.19. The lowest BCUT2D eigenvalue weighted by atomic mass is 9.91. The lowest BCUT2D eigenvalue weighted by Crippen LogP contribution is -2.58. The van der Waals surface area contributed by atoms with Crippen LogP contribution in [0.15, 0.2) is 40.5 Å². The number of piperazine rings is 1. The molecule has 1 saturated heterocycles. The zero-order valence-corrected chi connectivity index (χ0v) is 22.6. The minimum absolute atomic E-state index is 0.0762. The number of halogens is 1. The Morgan fingerprint density at radius 2 is 1.78 bits per heavy atom. The molecule has 202 valence electrons. The topological polar surface area (TPSA) is 91.6 Å². The van der Waals surface area contributed by atoms with Crippen LogP contribution < -0.4 is 5.32 Å². The summed E-state index contributed by atoms with van der Waals surface area (Å²) in [5.41, 5.74) is 3.03. The van der Waals surface area contributed by atoms with Crippen LogP contribution in [0.2, 0.25) is 5.02 Å². The van der Waals surface area contributed by atoms with E-state index < -0.39 is 6.10 Å². The minimum atomic E-state index is -0.486. The van der Waals surface area contributed by atoms with Gasteiger partial charge in [0.2, 0.25) is 5.91 Å². The van der Waals surface area contributed by atoms with E-state index in [1.54, 1.807) is 0 Å². The minimum Gasteiger partial charge on any atom is -0.393 e. The van der Waals surface area contributed by atoms with Gasteiger partial charge in [-0.05, 0) is 61.3 Å². The first kappa shape index (κ1) is 26.6. The Kier molecular flexibility index (Phi) is 8.22. The molecule has 9 heteroatoms. The summed E-state index contributed by atoms with van der Waals surface area (Å²) in [7, 11) is 2.04. The second-order valence-corrected chi connectivity index (χ2v) is 11.6. The van der Waals surface area contributed by atoms with Crippen LogP contribution in [0.1, 0.15) is 50.5 Å². The van der Waals surface area contributed by atoms with E-state index in [1.165, 1.54) is 5.57 Å². The number of aliphatic imine (C=N–C) groups is 1. The first-order valence-corrected chi connectivity index (χ1v) is 14.1. The highest BCUT2D eigenvalue weighted by atomic mass is 35.5. The molecule has 1 aromatic rings. The first-order chi connectivity index (χ1) is 17.8. The van der Waals surface area contributed by atoms with Crippen LogP contribution in [-0.2, 0) is 4.79 Å². The number of benzene rings is 1. The number of likely N-dealkylation sites (N-methyl/N-ethyl adjacent to an activating group) is 1. The maximum Gasteiger partial charge on any atom is 0.231 e. The third-order valence-electron chi connectivity index (χ3n) is 8.61. The van der Waals surface area contributed by atoms with E-state index in [9.17, 15) is 15.0 Å². The number of rotatable bonds is 6. The zero-order valence-electron chi connectivity index (χ0n) is 21.9. The summed E-state index contributed by atoms with van der Waals surface area (Å²) in [6, 6.07) is 7.97.